The van der Waals surface area contributed by atoms with Crippen LogP contribution in [0.4, 0.5) is 0 Å². The van der Waals surface area contributed by atoms with Crippen molar-refractivity contribution in [1.82, 2.24) is 4.90 Å². The molecular weight excluding hydrogens is 166 g/mol. The summed E-state index contributed by atoms with van der Waals surface area (Å²) in [6.07, 6.45) is 1.66. The minimum absolute atomic E-state index is 0.103. The predicted octanol–water partition coefficient (Wildman–Crippen LogP) is 0.619. The van der Waals surface area contributed by atoms with Gasteiger partial charge in [0.15, 0.2) is 0 Å². The van der Waals surface area contributed by atoms with Gasteiger partial charge in [0, 0.05) is 18.1 Å². The summed E-state index contributed by atoms with van der Waals surface area (Å²) in [6, 6.07) is 1.47. The molecule has 0 spiro atoms. The van der Waals surface area contributed by atoms with Gasteiger partial charge in [-0.25, -0.2) is 0 Å². The van der Waals surface area contributed by atoms with Gasteiger partial charge in [-0.15, -0.1) is 0 Å². The van der Waals surface area contributed by atoms with Crippen LogP contribution in [0.3, 0.4) is 0 Å². The number of ether oxygens (including phenoxy) is 1. The molecular formula is C10H19NO2. The van der Waals surface area contributed by atoms with Gasteiger partial charge in [-0.3, -0.25) is 4.90 Å². The van der Waals surface area contributed by atoms with Crippen molar-refractivity contribution < 1.29 is 9.84 Å². The molecule has 0 aliphatic carbocycles. The fraction of sp³-hybridized carbons (Fsp3) is 1.00. The Morgan fingerprint density at radius 2 is 1.77 bits per heavy atom. The summed E-state index contributed by atoms with van der Waals surface area (Å²) in [4.78, 5) is 2.51. The molecule has 2 fully saturated rings. The zero-order valence-electron chi connectivity index (χ0n) is 8.44. The summed E-state index contributed by atoms with van der Waals surface area (Å²) in [6.45, 7) is 6.05. The summed E-state index contributed by atoms with van der Waals surface area (Å²) < 4.78 is 5.51. The molecule has 0 aromatic carbocycles. The lowest BCUT2D eigenvalue weighted by molar-refractivity contribution is -0.116. The average Bonchev–Trinajstić information content (AvgIpc) is 2.01. The Morgan fingerprint density at radius 3 is 2.23 bits per heavy atom. The van der Waals surface area contributed by atoms with Crippen molar-refractivity contribution in [3.05, 3.63) is 0 Å². The molecule has 3 nitrogen and oxygen atoms in total. The lowest BCUT2D eigenvalue weighted by Crippen LogP contribution is -2.60. The van der Waals surface area contributed by atoms with Crippen LogP contribution in [0, 0.1) is 0 Å². The van der Waals surface area contributed by atoms with Gasteiger partial charge in [0.2, 0.25) is 0 Å². The molecule has 1 N–H and O–H groups in total. The molecule has 2 saturated heterocycles. The first kappa shape index (κ1) is 9.44. The fourth-order valence-corrected chi connectivity index (χ4v) is 2.76. The van der Waals surface area contributed by atoms with E-state index in [1.165, 1.54) is 0 Å². The van der Waals surface area contributed by atoms with Gasteiger partial charge in [-0.05, 0) is 26.7 Å². The highest BCUT2D eigenvalue weighted by Gasteiger charge is 2.39. The maximum absolute atomic E-state index is 9.63. The summed E-state index contributed by atoms with van der Waals surface area (Å²) in [5.41, 5.74) is 0. The van der Waals surface area contributed by atoms with Crippen LogP contribution in [0.25, 0.3) is 0 Å². The average molecular weight is 185 g/mol. The number of aliphatic hydroxyl groups is 1. The van der Waals surface area contributed by atoms with Crippen molar-refractivity contribution in [2.24, 2.45) is 0 Å². The van der Waals surface area contributed by atoms with Crippen LogP contribution >= 0.6 is 0 Å². The van der Waals surface area contributed by atoms with Gasteiger partial charge in [-0.2, -0.15) is 0 Å². The van der Waals surface area contributed by atoms with Crippen molar-refractivity contribution in [2.45, 2.75) is 50.9 Å². The third-order valence-electron chi connectivity index (χ3n) is 3.15. The lowest BCUT2D eigenvalue weighted by Gasteiger charge is -2.49. The second-order valence-corrected chi connectivity index (χ2v) is 4.51. The summed E-state index contributed by atoms with van der Waals surface area (Å²) in [7, 11) is 0. The van der Waals surface area contributed by atoms with Crippen molar-refractivity contribution in [1.29, 1.82) is 0 Å². The second kappa shape index (κ2) is 3.56. The Balaban J connectivity index is 2.10. The van der Waals surface area contributed by atoms with Crippen molar-refractivity contribution in [3.63, 3.8) is 0 Å². The fourth-order valence-electron chi connectivity index (χ4n) is 2.76. The molecule has 0 amide bonds. The minimum Gasteiger partial charge on any atom is -0.393 e. The number of piperidine rings is 1. The monoisotopic (exact) mass is 185 g/mol. The summed E-state index contributed by atoms with van der Waals surface area (Å²) >= 11 is 0. The SMILES string of the molecule is CC(C)N1[C@@H]2COC[C@H]1C[C@@H](O)C2. The Kier molecular flexibility index (Phi) is 2.58. The van der Waals surface area contributed by atoms with Gasteiger partial charge in [0.05, 0.1) is 19.3 Å². The first-order chi connectivity index (χ1) is 6.18. The van der Waals surface area contributed by atoms with E-state index in [1.807, 2.05) is 0 Å². The lowest BCUT2D eigenvalue weighted by atomic mass is 9.91. The highest BCUT2D eigenvalue weighted by Crippen LogP contribution is 2.29. The Labute approximate surface area is 79.7 Å². The molecule has 0 aromatic rings. The van der Waals surface area contributed by atoms with E-state index in [0.717, 1.165) is 26.1 Å². The maximum Gasteiger partial charge on any atom is 0.0623 e. The number of rotatable bonds is 1. The van der Waals surface area contributed by atoms with Crippen LogP contribution in [0.15, 0.2) is 0 Å². The number of hydrogen-bond donors (Lipinski definition) is 1. The van der Waals surface area contributed by atoms with Crippen molar-refractivity contribution >= 4 is 0 Å². The molecule has 3 heteroatoms. The standard InChI is InChI=1S/C10H19NO2/c1-7(2)11-8-3-10(12)4-9(11)6-13-5-8/h7-10,12H,3-6H2,1-2H3/t8-,9+,10-. The zero-order valence-corrected chi connectivity index (χ0v) is 8.44. The molecule has 13 heavy (non-hydrogen) atoms. The Bertz CT molecular complexity index is 170. The van der Waals surface area contributed by atoms with Crippen LogP contribution < -0.4 is 0 Å². The number of hydrogen-bond acceptors (Lipinski definition) is 3. The number of fused-ring (bicyclic) bond motifs is 2. The van der Waals surface area contributed by atoms with E-state index in [4.69, 9.17) is 4.74 Å². The normalized spacial score (nSPS) is 41.1. The quantitative estimate of drug-likeness (QED) is 0.650. The van der Waals surface area contributed by atoms with Gasteiger partial charge in [-0.1, -0.05) is 0 Å². The van der Waals surface area contributed by atoms with Crippen LogP contribution in [-0.2, 0) is 4.74 Å². The van der Waals surface area contributed by atoms with Gasteiger partial charge >= 0.3 is 0 Å². The number of aliphatic hydroxyl groups excluding tert-OH is 1. The molecule has 0 saturated carbocycles. The van der Waals surface area contributed by atoms with Gasteiger partial charge in [0.1, 0.15) is 0 Å². The predicted molar refractivity (Wildman–Crippen MR) is 50.6 cm³/mol. The van der Waals surface area contributed by atoms with Crippen LogP contribution in [0.2, 0.25) is 0 Å². The first-order valence-corrected chi connectivity index (χ1v) is 5.21. The van der Waals surface area contributed by atoms with E-state index in [1.54, 1.807) is 0 Å². The smallest absolute Gasteiger partial charge is 0.0623 e. The largest absolute Gasteiger partial charge is 0.393 e. The van der Waals surface area contributed by atoms with E-state index < -0.39 is 0 Å². The van der Waals surface area contributed by atoms with Crippen molar-refractivity contribution in [2.75, 3.05) is 13.2 Å². The molecule has 0 unspecified atom stereocenters. The number of morpholine rings is 1. The highest BCUT2D eigenvalue weighted by molar-refractivity contribution is 4.92. The molecule has 3 atom stereocenters. The van der Waals surface area contributed by atoms with Crippen molar-refractivity contribution in [3.8, 4) is 0 Å². The van der Waals surface area contributed by atoms with E-state index in [9.17, 15) is 5.11 Å². The summed E-state index contributed by atoms with van der Waals surface area (Å²) in [5, 5.41) is 9.63. The minimum atomic E-state index is -0.103. The van der Waals surface area contributed by atoms with Crippen LogP contribution in [0.5, 0.6) is 0 Å². The summed E-state index contributed by atoms with van der Waals surface area (Å²) in [5.74, 6) is 0. The molecule has 2 aliphatic rings. The van der Waals surface area contributed by atoms with E-state index in [2.05, 4.69) is 18.7 Å². The van der Waals surface area contributed by atoms with E-state index >= 15 is 0 Å². The molecule has 0 aromatic heterocycles. The maximum atomic E-state index is 9.63. The Hall–Kier alpha value is -0.120. The highest BCUT2D eigenvalue weighted by atomic mass is 16.5. The second-order valence-electron chi connectivity index (χ2n) is 4.51. The molecule has 76 valence electrons. The van der Waals surface area contributed by atoms with Crippen LogP contribution in [0.1, 0.15) is 26.7 Å². The first-order valence-electron chi connectivity index (χ1n) is 5.21. The molecule has 0 radical (unpaired) electrons. The zero-order chi connectivity index (χ0) is 9.42. The van der Waals surface area contributed by atoms with Crippen LogP contribution in [-0.4, -0.2) is 47.4 Å². The van der Waals surface area contributed by atoms with Gasteiger partial charge in [0.25, 0.3) is 0 Å². The molecule has 2 rings (SSSR count). The van der Waals surface area contributed by atoms with E-state index in [0.29, 0.717) is 18.1 Å². The third-order valence-corrected chi connectivity index (χ3v) is 3.15. The van der Waals surface area contributed by atoms with Gasteiger partial charge < -0.3 is 9.84 Å². The molecule has 2 aliphatic heterocycles. The Morgan fingerprint density at radius 1 is 1.23 bits per heavy atom. The third kappa shape index (κ3) is 1.73. The molecule has 2 heterocycles. The van der Waals surface area contributed by atoms with E-state index in [-0.39, 0.29) is 6.10 Å². The number of nitrogens with zero attached hydrogens (tertiary/aromatic N) is 1. The topological polar surface area (TPSA) is 32.7 Å². The molecule has 2 bridgehead atoms.